The van der Waals surface area contributed by atoms with Crippen molar-refractivity contribution in [3.8, 4) is 0 Å². The zero-order chi connectivity index (χ0) is 17.8. The Hall–Kier alpha value is -2.08. The fourth-order valence-corrected chi connectivity index (χ4v) is 3.52. The first-order chi connectivity index (χ1) is 12.1. The molecule has 2 aliphatic rings. The summed E-state index contributed by atoms with van der Waals surface area (Å²) >= 11 is 0. The van der Waals surface area contributed by atoms with Gasteiger partial charge in [0.1, 0.15) is 0 Å². The minimum absolute atomic E-state index is 0.0882. The Morgan fingerprint density at radius 1 is 1.36 bits per heavy atom. The molecule has 1 aromatic carbocycles. The van der Waals surface area contributed by atoms with Crippen molar-refractivity contribution < 1.29 is 14.3 Å². The third kappa shape index (κ3) is 3.95. The molecule has 2 aliphatic heterocycles. The summed E-state index contributed by atoms with van der Waals surface area (Å²) < 4.78 is 5.52. The fourth-order valence-electron chi connectivity index (χ4n) is 3.52. The van der Waals surface area contributed by atoms with Gasteiger partial charge in [0.05, 0.1) is 19.3 Å². The fraction of sp³-hybridized carbons (Fsp3) is 0.579. The quantitative estimate of drug-likeness (QED) is 0.912. The maximum absolute atomic E-state index is 12.8. The highest BCUT2D eigenvalue weighted by molar-refractivity contribution is 5.97. The molecule has 2 heterocycles. The summed E-state index contributed by atoms with van der Waals surface area (Å²) in [5, 5.41) is 3.04. The van der Waals surface area contributed by atoms with E-state index < -0.39 is 0 Å². The largest absolute Gasteiger partial charge is 0.377 e. The third-order valence-electron chi connectivity index (χ3n) is 4.96. The van der Waals surface area contributed by atoms with Crippen molar-refractivity contribution in [3.63, 3.8) is 0 Å². The number of urea groups is 1. The van der Waals surface area contributed by atoms with E-state index in [1.165, 1.54) is 0 Å². The van der Waals surface area contributed by atoms with Gasteiger partial charge in [-0.3, -0.25) is 4.79 Å². The van der Waals surface area contributed by atoms with Gasteiger partial charge in [-0.05, 0) is 37.5 Å². The van der Waals surface area contributed by atoms with Crippen LogP contribution in [0.25, 0.3) is 0 Å². The van der Waals surface area contributed by atoms with E-state index in [4.69, 9.17) is 4.74 Å². The Bertz CT molecular complexity index is 645. The van der Waals surface area contributed by atoms with E-state index in [1.807, 2.05) is 30.0 Å². The van der Waals surface area contributed by atoms with Gasteiger partial charge in [-0.15, -0.1) is 0 Å². The monoisotopic (exact) mass is 345 g/mol. The number of nitrogens with one attached hydrogen (secondary N) is 1. The average Bonchev–Trinajstić information content (AvgIpc) is 3.03. The van der Waals surface area contributed by atoms with Crippen LogP contribution in [-0.4, -0.2) is 49.2 Å². The van der Waals surface area contributed by atoms with Gasteiger partial charge in [0.15, 0.2) is 0 Å². The van der Waals surface area contributed by atoms with E-state index in [9.17, 15) is 9.59 Å². The molecule has 0 saturated carbocycles. The molecule has 2 fully saturated rings. The molecule has 1 aromatic rings. The molecule has 3 amide bonds. The lowest BCUT2D eigenvalue weighted by Crippen LogP contribution is -2.50. The molecule has 0 bridgehead atoms. The molecule has 6 heteroatoms. The van der Waals surface area contributed by atoms with Crippen LogP contribution in [0.2, 0.25) is 0 Å². The van der Waals surface area contributed by atoms with E-state index in [1.54, 1.807) is 4.90 Å². The maximum Gasteiger partial charge on any atom is 0.322 e. The predicted octanol–water partition coefficient (Wildman–Crippen LogP) is 3.15. The summed E-state index contributed by atoms with van der Waals surface area (Å²) in [7, 11) is 0. The Labute approximate surface area is 149 Å². The topological polar surface area (TPSA) is 61.9 Å². The van der Waals surface area contributed by atoms with Crippen LogP contribution in [-0.2, 0) is 9.53 Å². The zero-order valence-corrected chi connectivity index (χ0v) is 15.1. The summed E-state index contributed by atoms with van der Waals surface area (Å²) in [5.74, 6) is 0.150. The smallest absolute Gasteiger partial charge is 0.322 e. The second-order valence-corrected chi connectivity index (χ2v) is 6.79. The van der Waals surface area contributed by atoms with Crippen molar-refractivity contribution in [3.05, 3.63) is 23.8 Å². The van der Waals surface area contributed by atoms with E-state index in [2.05, 4.69) is 12.2 Å². The number of benzene rings is 1. The summed E-state index contributed by atoms with van der Waals surface area (Å²) in [6.07, 6.45) is 3.45. The van der Waals surface area contributed by atoms with Gasteiger partial charge in [0, 0.05) is 30.9 Å². The van der Waals surface area contributed by atoms with E-state index >= 15 is 0 Å². The first kappa shape index (κ1) is 17.7. The first-order valence-corrected chi connectivity index (χ1v) is 9.16. The number of aryl methyl sites for hydroxylation is 1. The van der Waals surface area contributed by atoms with Gasteiger partial charge < -0.3 is 19.9 Å². The van der Waals surface area contributed by atoms with Crippen LogP contribution >= 0.6 is 0 Å². The zero-order valence-electron chi connectivity index (χ0n) is 15.1. The van der Waals surface area contributed by atoms with Gasteiger partial charge in [0.25, 0.3) is 0 Å². The molecule has 25 heavy (non-hydrogen) atoms. The molecule has 6 nitrogen and oxygen atoms in total. The molecule has 0 spiro atoms. The Morgan fingerprint density at radius 2 is 2.20 bits per heavy atom. The molecule has 1 atom stereocenters. The van der Waals surface area contributed by atoms with Gasteiger partial charge in [-0.2, -0.15) is 0 Å². The van der Waals surface area contributed by atoms with E-state index in [0.29, 0.717) is 26.2 Å². The normalized spacial score (nSPS) is 20.9. The SMILES string of the molecule is CCC[C@@H]1COCCN1C(=O)Nc1cc(N2CCCC2=O)ccc1C. The summed E-state index contributed by atoms with van der Waals surface area (Å²) in [5.41, 5.74) is 2.61. The standard InChI is InChI=1S/C19H27N3O3/c1-3-5-16-13-25-11-10-22(16)19(24)20-17-12-15(8-7-14(17)2)21-9-4-6-18(21)23/h7-8,12,16H,3-6,9-11,13H2,1-2H3,(H,20,24)/t16-/m1/s1. The second-order valence-electron chi connectivity index (χ2n) is 6.79. The summed E-state index contributed by atoms with van der Waals surface area (Å²) in [4.78, 5) is 28.4. The lowest BCUT2D eigenvalue weighted by atomic mass is 10.1. The number of carbonyl (C=O) groups excluding carboxylic acids is 2. The van der Waals surface area contributed by atoms with Crippen molar-refractivity contribution in [2.24, 2.45) is 0 Å². The molecule has 0 aromatic heterocycles. The third-order valence-corrected chi connectivity index (χ3v) is 4.96. The number of hydrogen-bond donors (Lipinski definition) is 1. The lowest BCUT2D eigenvalue weighted by molar-refractivity contribution is -0.117. The number of morpholine rings is 1. The minimum atomic E-state index is -0.0882. The molecule has 3 rings (SSSR count). The number of anilines is 2. The van der Waals surface area contributed by atoms with Crippen LogP contribution in [0.15, 0.2) is 18.2 Å². The predicted molar refractivity (Wildman–Crippen MR) is 98.0 cm³/mol. The Kier molecular flexibility index (Phi) is 5.58. The van der Waals surface area contributed by atoms with Gasteiger partial charge in [0.2, 0.25) is 5.91 Å². The van der Waals surface area contributed by atoms with Crippen molar-refractivity contribution in [2.45, 2.75) is 45.6 Å². The average molecular weight is 345 g/mol. The van der Waals surface area contributed by atoms with Gasteiger partial charge in [-0.1, -0.05) is 19.4 Å². The van der Waals surface area contributed by atoms with Crippen LogP contribution in [0.3, 0.4) is 0 Å². The Balaban J connectivity index is 1.75. The van der Waals surface area contributed by atoms with Crippen LogP contribution in [0, 0.1) is 6.92 Å². The highest BCUT2D eigenvalue weighted by atomic mass is 16.5. The van der Waals surface area contributed by atoms with Crippen molar-refractivity contribution in [1.82, 2.24) is 4.90 Å². The second kappa shape index (κ2) is 7.87. The van der Waals surface area contributed by atoms with Crippen molar-refractivity contribution in [2.75, 3.05) is 36.5 Å². The van der Waals surface area contributed by atoms with E-state index in [-0.39, 0.29) is 18.0 Å². The maximum atomic E-state index is 12.8. The summed E-state index contributed by atoms with van der Waals surface area (Å²) in [6.45, 7) is 6.62. The number of amides is 3. The molecule has 0 radical (unpaired) electrons. The molecule has 0 aliphatic carbocycles. The number of carbonyl (C=O) groups is 2. The molecule has 1 N–H and O–H groups in total. The molecular formula is C19H27N3O3. The van der Waals surface area contributed by atoms with Gasteiger partial charge in [-0.25, -0.2) is 4.79 Å². The van der Waals surface area contributed by atoms with Crippen LogP contribution in [0.5, 0.6) is 0 Å². The van der Waals surface area contributed by atoms with Crippen LogP contribution in [0.1, 0.15) is 38.2 Å². The molecule has 2 saturated heterocycles. The van der Waals surface area contributed by atoms with Gasteiger partial charge >= 0.3 is 6.03 Å². The van der Waals surface area contributed by atoms with Crippen molar-refractivity contribution in [1.29, 1.82) is 0 Å². The highest BCUT2D eigenvalue weighted by Gasteiger charge is 2.27. The lowest BCUT2D eigenvalue weighted by Gasteiger charge is -2.35. The van der Waals surface area contributed by atoms with E-state index in [0.717, 1.165) is 42.7 Å². The number of nitrogens with zero attached hydrogens (tertiary/aromatic N) is 2. The van der Waals surface area contributed by atoms with Crippen molar-refractivity contribution >= 4 is 23.3 Å². The minimum Gasteiger partial charge on any atom is -0.377 e. The van der Waals surface area contributed by atoms with Crippen LogP contribution in [0.4, 0.5) is 16.2 Å². The number of rotatable bonds is 4. The molecule has 0 unspecified atom stereocenters. The van der Waals surface area contributed by atoms with Crippen LogP contribution < -0.4 is 10.2 Å². The number of ether oxygens (including phenoxy) is 1. The summed E-state index contributed by atoms with van der Waals surface area (Å²) in [6, 6.07) is 5.85. The highest BCUT2D eigenvalue weighted by Crippen LogP contribution is 2.27. The number of hydrogen-bond acceptors (Lipinski definition) is 3. The first-order valence-electron chi connectivity index (χ1n) is 9.16. The Morgan fingerprint density at radius 3 is 2.92 bits per heavy atom. The molecular weight excluding hydrogens is 318 g/mol. The molecule has 136 valence electrons.